The Morgan fingerprint density at radius 3 is 2.81 bits per heavy atom. The zero-order chi connectivity index (χ0) is 18.9. The molecule has 2 heterocycles. The second-order valence-electron chi connectivity index (χ2n) is 5.93. The van der Waals surface area contributed by atoms with Crippen LogP contribution in [0.3, 0.4) is 0 Å². The van der Waals surface area contributed by atoms with Crippen molar-refractivity contribution in [2.24, 2.45) is 5.10 Å². The molecule has 0 spiro atoms. The third kappa shape index (κ3) is 5.21. The summed E-state index contributed by atoms with van der Waals surface area (Å²) in [4.78, 5) is 4.19. The van der Waals surface area contributed by atoms with Crippen molar-refractivity contribution in [2.45, 2.75) is 19.8 Å². The number of unbranched alkanes of at least 4 members (excludes halogenated alkanes) is 1. The topological polar surface area (TPSA) is 67.1 Å². The van der Waals surface area contributed by atoms with Crippen molar-refractivity contribution in [1.82, 2.24) is 25.5 Å². The number of para-hydroxylation sites is 1. The Bertz CT molecular complexity index is 889. The van der Waals surface area contributed by atoms with Gasteiger partial charge in [-0.3, -0.25) is 10.4 Å². The van der Waals surface area contributed by atoms with Crippen LogP contribution in [-0.4, -0.2) is 32.6 Å². The summed E-state index contributed by atoms with van der Waals surface area (Å²) >= 11 is 5.22. The van der Waals surface area contributed by atoms with Crippen LogP contribution in [0.25, 0.3) is 16.9 Å². The molecular weight excluding hydrogens is 356 g/mol. The molecular formula is C20H22N6S. The van der Waals surface area contributed by atoms with E-state index >= 15 is 0 Å². The maximum atomic E-state index is 5.22. The molecule has 3 rings (SSSR count). The minimum atomic E-state index is 0.512. The second kappa shape index (κ2) is 9.59. The fraction of sp³-hybridized carbons (Fsp3) is 0.200. The number of benzene rings is 1. The van der Waals surface area contributed by atoms with Gasteiger partial charge in [-0.2, -0.15) is 10.2 Å². The standard InChI is InChI=1S/C20H22N6S/c1-2-3-12-22-20(27)24-23-14-17-15-26(18-9-5-4-6-10-18)25-19(17)16-8-7-11-21-13-16/h4-11,13-15H,2-3,12H2,1H3,(H2,22,24,27)/b23-14-. The van der Waals surface area contributed by atoms with Crippen LogP contribution in [0.4, 0.5) is 0 Å². The van der Waals surface area contributed by atoms with E-state index in [4.69, 9.17) is 17.3 Å². The number of rotatable bonds is 7. The van der Waals surface area contributed by atoms with Crippen LogP contribution in [0.1, 0.15) is 25.3 Å². The fourth-order valence-electron chi connectivity index (χ4n) is 2.50. The van der Waals surface area contributed by atoms with Gasteiger partial charge in [-0.05, 0) is 42.9 Å². The van der Waals surface area contributed by atoms with Gasteiger partial charge in [0, 0.05) is 36.3 Å². The van der Waals surface area contributed by atoms with Crippen molar-refractivity contribution in [2.75, 3.05) is 6.54 Å². The number of aromatic nitrogens is 3. The summed E-state index contributed by atoms with van der Waals surface area (Å²) in [5.41, 5.74) is 6.44. The summed E-state index contributed by atoms with van der Waals surface area (Å²) in [6, 6.07) is 13.8. The van der Waals surface area contributed by atoms with E-state index in [0.717, 1.165) is 41.9 Å². The largest absolute Gasteiger partial charge is 0.361 e. The normalized spacial score (nSPS) is 10.9. The van der Waals surface area contributed by atoms with Gasteiger partial charge in [-0.1, -0.05) is 31.5 Å². The molecule has 0 bridgehead atoms. The summed E-state index contributed by atoms with van der Waals surface area (Å²) < 4.78 is 1.83. The number of nitrogens with one attached hydrogen (secondary N) is 2. The zero-order valence-corrected chi connectivity index (χ0v) is 16.0. The minimum absolute atomic E-state index is 0.512. The lowest BCUT2D eigenvalue weighted by molar-refractivity contribution is 0.745. The van der Waals surface area contributed by atoms with Gasteiger partial charge in [0.05, 0.1) is 11.9 Å². The summed E-state index contributed by atoms with van der Waals surface area (Å²) in [6.45, 7) is 2.98. The lowest BCUT2D eigenvalue weighted by Crippen LogP contribution is -2.32. The van der Waals surface area contributed by atoms with E-state index in [1.54, 1.807) is 18.6 Å². The SMILES string of the molecule is CCCCNC(=S)N/N=C\c1cn(-c2ccccc2)nc1-c1cccnc1. The van der Waals surface area contributed by atoms with Crippen molar-refractivity contribution in [3.8, 4) is 16.9 Å². The summed E-state index contributed by atoms with van der Waals surface area (Å²) in [7, 11) is 0. The number of hydrogen-bond acceptors (Lipinski definition) is 4. The number of pyridine rings is 1. The molecule has 0 radical (unpaired) electrons. The van der Waals surface area contributed by atoms with Gasteiger partial charge in [0.2, 0.25) is 0 Å². The molecule has 3 aromatic rings. The molecule has 6 nitrogen and oxygen atoms in total. The lowest BCUT2D eigenvalue weighted by Gasteiger charge is -2.05. The molecule has 27 heavy (non-hydrogen) atoms. The van der Waals surface area contributed by atoms with Gasteiger partial charge < -0.3 is 5.32 Å². The summed E-state index contributed by atoms with van der Waals surface area (Å²) in [6.07, 6.45) is 9.39. The van der Waals surface area contributed by atoms with E-state index in [9.17, 15) is 0 Å². The number of hydrogen-bond donors (Lipinski definition) is 2. The van der Waals surface area contributed by atoms with Gasteiger partial charge in [-0.25, -0.2) is 4.68 Å². The van der Waals surface area contributed by atoms with Gasteiger partial charge in [0.15, 0.2) is 5.11 Å². The van der Waals surface area contributed by atoms with E-state index in [2.05, 4.69) is 27.8 Å². The second-order valence-corrected chi connectivity index (χ2v) is 6.34. The highest BCUT2D eigenvalue weighted by atomic mass is 32.1. The van der Waals surface area contributed by atoms with Gasteiger partial charge in [0.25, 0.3) is 0 Å². The van der Waals surface area contributed by atoms with Crippen molar-refractivity contribution in [3.05, 3.63) is 66.6 Å². The average molecular weight is 379 g/mol. The predicted octanol–water partition coefficient (Wildman–Crippen LogP) is 3.53. The predicted molar refractivity (Wildman–Crippen MR) is 113 cm³/mol. The molecule has 2 aromatic heterocycles. The van der Waals surface area contributed by atoms with E-state index in [1.165, 1.54) is 0 Å². The minimum Gasteiger partial charge on any atom is -0.361 e. The Kier molecular flexibility index (Phi) is 6.65. The number of hydrazone groups is 1. The molecule has 0 saturated heterocycles. The smallest absolute Gasteiger partial charge is 0.186 e. The Balaban J connectivity index is 1.81. The van der Waals surface area contributed by atoms with Crippen LogP contribution in [0, 0.1) is 0 Å². The molecule has 0 atom stereocenters. The molecule has 0 saturated carbocycles. The molecule has 0 amide bonds. The summed E-state index contributed by atoms with van der Waals surface area (Å²) in [5.74, 6) is 0. The van der Waals surface area contributed by atoms with Crippen LogP contribution < -0.4 is 10.7 Å². The van der Waals surface area contributed by atoms with Gasteiger partial charge in [0.1, 0.15) is 5.69 Å². The average Bonchev–Trinajstić information content (AvgIpc) is 3.14. The lowest BCUT2D eigenvalue weighted by atomic mass is 10.1. The van der Waals surface area contributed by atoms with Crippen molar-refractivity contribution < 1.29 is 0 Å². The Morgan fingerprint density at radius 1 is 1.22 bits per heavy atom. The monoisotopic (exact) mass is 378 g/mol. The molecule has 2 N–H and O–H groups in total. The highest BCUT2D eigenvalue weighted by Crippen LogP contribution is 2.21. The van der Waals surface area contributed by atoms with Crippen molar-refractivity contribution >= 4 is 23.5 Å². The van der Waals surface area contributed by atoms with E-state index in [1.807, 2.05) is 53.3 Å². The van der Waals surface area contributed by atoms with Crippen LogP contribution in [-0.2, 0) is 0 Å². The first kappa shape index (κ1) is 18.7. The Hall–Kier alpha value is -3.06. The molecule has 0 fully saturated rings. The fourth-order valence-corrected chi connectivity index (χ4v) is 2.66. The van der Waals surface area contributed by atoms with Crippen LogP contribution in [0.5, 0.6) is 0 Å². The zero-order valence-electron chi connectivity index (χ0n) is 15.2. The quantitative estimate of drug-likeness (QED) is 0.285. The molecule has 138 valence electrons. The highest BCUT2D eigenvalue weighted by Gasteiger charge is 2.11. The first-order chi connectivity index (χ1) is 13.3. The third-order valence-electron chi connectivity index (χ3n) is 3.88. The molecule has 7 heteroatoms. The number of thiocarbonyl (C=S) groups is 1. The van der Waals surface area contributed by atoms with Gasteiger partial charge in [-0.15, -0.1) is 0 Å². The van der Waals surface area contributed by atoms with Crippen LogP contribution in [0.2, 0.25) is 0 Å². The molecule has 0 aliphatic heterocycles. The third-order valence-corrected chi connectivity index (χ3v) is 4.12. The molecule has 0 aliphatic carbocycles. The van der Waals surface area contributed by atoms with Crippen LogP contribution >= 0.6 is 12.2 Å². The van der Waals surface area contributed by atoms with E-state index in [0.29, 0.717) is 5.11 Å². The maximum absolute atomic E-state index is 5.22. The molecule has 0 aliphatic rings. The van der Waals surface area contributed by atoms with Crippen molar-refractivity contribution in [3.63, 3.8) is 0 Å². The van der Waals surface area contributed by atoms with E-state index in [-0.39, 0.29) is 0 Å². The van der Waals surface area contributed by atoms with Crippen molar-refractivity contribution in [1.29, 1.82) is 0 Å². The highest BCUT2D eigenvalue weighted by molar-refractivity contribution is 7.80. The van der Waals surface area contributed by atoms with Crippen LogP contribution in [0.15, 0.2) is 66.2 Å². The summed E-state index contributed by atoms with van der Waals surface area (Å²) in [5, 5.41) is 12.6. The first-order valence-electron chi connectivity index (χ1n) is 8.90. The first-order valence-corrected chi connectivity index (χ1v) is 9.31. The van der Waals surface area contributed by atoms with E-state index < -0.39 is 0 Å². The Morgan fingerprint density at radius 2 is 2.07 bits per heavy atom. The maximum Gasteiger partial charge on any atom is 0.186 e. The Labute approximate surface area is 164 Å². The molecule has 1 aromatic carbocycles. The number of nitrogens with zero attached hydrogens (tertiary/aromatic N) is 4. The molecule has 0 unspecified atom stereocenters. The van der Waals surface area contributed by atoms with Gasteiger partial charge >= 0.3 is 0 Å².